The van der Waals surface area contributed by atoms with E-state index in [1.807, 2.05) is 18.2 Å². The molecule has 0 radical (unpaired) electrons. The van der Waals surface area contributed by atoms with Crippen LogP contribution in [-0.4, -0.2) is 79.4 Å². The molecule has 5 aromatic rings. The third-order valence-electron chi connectivity index (χ3n) is 9.36. The third kappa shape index (κ3) is 4.25. The second-order valence-electron chi connectivity index (χ2n) is 12.4. The molecule has 46 heavy (non-hydrogen) atoms. The van der Waals surface area contributed by atoms with Crippen LogP contribution in [0.4, 0.5) is 4.79 Å². The summed E-state index contributed by atoms with van der Waals surface area (Å²) < 4.78 is 34.9. The van der Waals surface area contributed by atoms with Crippen LogP contribution in [0.2, 0.25) is 0 Å². The minimum atomic E-state index is -3.96. The summed E-state index contributed by atoms with van der Waals surface area (Å²) in [6.45, 7) is 1.14. The number of amides is 3. The van der Waals surface area contributed by atoms with Gasteiger partial charge in [-0.25, -0.2) is 10.1 Å². The van der Waals surface area contributed by atoms with Gasteiger partial charge in [0.1, 0.15) is 17.9 Å². The van der Waals surface area contributed by atoms with E-state index in [4.69, 9.17) is 18.7 Å². The summed E-state index contributed by atoms with van der Waals surface area (Å²) in [6.07, 6.45) is -1.42. The summed E-state index contributed by atoms with van der Waals surface area (Å²) in [4.78, 5) is 36.5. The van der Waals surface area contributed by atoms with Gasteiger partial charge in [-0.05, 0) is 49.2 Å². The number of methoxy groups -OCH3 is 1. The zero-order valence-corrected chi connectivity index (χ0v) is 26.2. The lowest BCUT2D eigenvalue weighted by Crippen LogP contribution is -2.65. The smallest absolute Gasteiger partial charge is 0.381 e. The third-order valence-corrected chi connectivity index (χ3v) is 9.98. The molecule has 2 N–H and O–H groups in total. The van der Waals surface area contributed by atoms with Crippen LogP contribution < -0.4 is 5.32 Å². The first-order valence-electron chi connectivity index (χ1n) is 14.8. The van der Waals surface area contributed by atoms with Crippen molar-refractivity contribution in [2.75, 3.05) is 34.0 Å². The molecule has 6 atom stereocenters. The van der Waals surface area contributed by atoms with Gasteiger partial charge in [0.05, 0.1) is 20.3 Å². The van der Waals surface area contributed by atoms with Crippen molar-refractivity contribution in [3.05, 3.63) is 84.1 Å². The van der Waals surface area contributed by atoms with E-state index in [0.29, 0.717) is 0 Å². The van der Waals surface area contributed by atoms with Crippen LogP contribution in [0, 0.1) is 11.8 Å². The Kier molecular flexibility index (Phi) is 6.46. The van der Waals surface area contributed by atoms with E-state index < -0.39 is 48.1 Å². The predicted octanol–water partition coefficient (Wildman–Crippen LogP) is 5.01. The molecule has 3 heterocycles. The number of nitrogens with zero attached hydrogens (tertiary/aromatic N) is 1. The fourth-order valence-electron chi connectivity index (χ4n) is 7.37. The molecule has 2 fully saturated rings. The van der Waals surface area contributed by atoms with Crippen molar-refractivity contribution in [2.24, 2.45) is 0 Å². The molecule has 2 saturated heterocycles. The first-order valence-corrected chi connectivity index (χ1v) is 16.9. The van der Waals surface area contributed by atoms with Crippen LogP contribution in [-0.2, 0) is 28.1 Å². The average Bonchev–Trinajstić information content (AvgIpc) is 3.50. The Morgan fingerprint density at radius 2 is 1.63 bits per heavy atom. The monoisotopic (exact) mass is 637 g/mol. The van der Waals surface area contributed by atoms with Crippen LogP contribution >= 0.6 is 7.60 Å². The number of fused-ring (bicyclic) bond motifs is 4. The number of quaternary nitrogens is 1. The highest BCUT2D eigenvalue weighted by atomic mass is 31.2. The van der Waals surface area contributed by atoms with Crippen LogP contribution in [0.5, 0.6) is 0 Å². The molecule has 3 unspecified atom stereocenters. The van der Waals surface area contributed by atoms with Crippen molar-refractivity contribution in [1.82, 2.24) is 5.32 Å². The fraction of sp³-hybridized carbons (Fsp3) is 0.257. The molecular formula is C35H30N2O8P+. The Morgan fingerprint density at radius 3 is 2.33 bits per heavy atom. The summed E-state index contributed by atoms with van der Waals surface area (Å²) >= 11 is 0. The van der Waals surface area contributed by atoms with Gasteiger partial charge in [0.15, 0.2) is 11.7 Å². The van der Waals surface area contributed by atoms with E-state index in [2.05, 4.69) is 65.7 Å². The van der Waals surface area contributed by atoms with Crippen LogP contribution in [0.1, 0.15) is 5.56 Å². The molecule has 3 amide bonds. The molecule has 0 aromatic heterocycles. The van der Waals surface area contributed by atoms with Gasteiger partial charge in [-0.15, -0.1) is 0 Å². The van der Waals surface area contributed by atoms with Crippen molar-refractivity contribution in [1.29, 1.82) is 0 Å². The van der Waals surface area contributed by atoms with Crippen LogP contribution in [0.3, 0.4) is 0 Å². The maximum Gasteiger partial charge on any atom is 0.430 e. The molecule has 3 aliphatic rings. The van der Waals surface area contributed by atoms with Gasteiger partial charge in [-0.1, -0.05) is 72.5 Å². The summed E-state index contributed by atoms with van der Waals surface area (Å²) in [5, 5.41) is 11.4. The number of urea groups is 1. The second kappa shape index (κ2) is 10.2. The first kappa shape index (κ1) is 29.2. The van der Waals surface area contributed by atoms with Crippen LogP contribution in [0.15, 0.2) is 78.5 Å². The highest BCUT2D eigenvalue weighted by Crippen LogP contribution is 2.52. The summed E-state index contributed by atoms with van der Waals surface area (Å²) in [7, 11) is -0.917. The van der Waals surface area contributed by atoms with E-state index in [1.165, 1.54) is 34.9 Å². The molecule has 232 valence electrons. The quantitative estimate of drug-likeness (QED) is 0.0908. The van der Waals surface area contributed by atoms with E-state index in [9.17, 15) is 19.0 Å². The topological polar surface area (TPSA) is 120 Å². The minimum Gasteiger partial charge on any atom is -0.381 e. The lowest BCUT2D eigenvalue weighted by atomic mass is 9.88. The summed E-state index contributed by atoms with van der Waals surface area (Å²) in [5.41, 5.74) is -0.403. The Labute approximate surface area is 263 Å². The Morgan fingerprint density at radius 1 is 0.978 bits per heavy atom. The number of hydrogen-bond acceptors (Lipinski definition) is 7. The zero-order valence-electron chi connectivity index (χ0n) is 25.3. The molecule has 0 aliphatic carbocycles. The van der Waals surface area contributed by atoms with E-state index in [0.717, 1.165) is 33.8 Å². The van der Waals surface area contributed by atoms with E-state index in [-0.39, 0.29) is 18.8 Å². The molecule has 0 spiro atoms. The number of carbonyl (C=O) groups is 2. The Hall–Kier alpha value is -4.17. The molecule has 10 nitrogen and oxygen atoms in total. The lowest BCUT2D eigenvalue weighted by molar-refractivity contribution is -0.840. The van der Waals surface area contributed by atoms with Gasteiger partial charge in [-0.2, -0.15) is 4.48 Å². The van der Waals surface area contributed by atoms with Gasteiger partial charge in [0, 0.05) is 19.3 Å². The molecular weight excluding hydrogens is 607 g/mol. The van der Waals surface area contributed by atoms with Crippen molar-refractivity contribution in [3.63, 3.8) is 0 Å². The highest BCUT2D eigenvalue weighted by molar-refractivity contribution is 7.51. The largest absolute Gasteiger partial charge is 0.430 e. The average molecular weight is 638 g/mol. The SMILES string of the molecule is COC[C@]12CO[C@@H](C1OP(C)(=O)O)[C@H]([N+]1(C)C=C(C#Cc3ccc4c5cccc6cccc(c7cccc3c74)c65)C(=O)NC1=O)O2. The predicted molar refractivity (Wildman–Crippen MR) is 172 cm³/mol. The van der Waals surface area contributed by atoms with Gasteiger partial charge in [0.2, 0.25) is 6.23 Å². The molecule has 0 saturated carbocycles. The van der Waals surface area contributed by atoms with Crippen molar-refractivity contribution < 1.29 is 42.3 Å². The molecule has 11 heteroatoms. The van der Waals surface area contributed by atoms with Crippen LogP contribution in [0.25, 0.3) is 43.1 Å². The molecule has 8 rings (SSSR count). The second-order valence-corrected chi connectivity index (χ2v) is 14.2. The highest BCUT2D eigenvalue weighted by Gasteiger charge is 2.70. The fourth-order valence-corrected chi connectivity index (χ4v) is 8.10. The van der Waals surface area contributed by atoms with Gasteiger partial charge in [0.25, 0.3) is 5.91 Å². The van der Waals surface area contributed by atoms with Gasteiger partial charge < -0.3 is 19.1 Å². The minimum absolute atomic E-state index is 0.00558. The Balaban J connectivity index is 1.22. The normalized spacial score (nSPS) is 28.9. The maximum atomic E-state index is 13.4. The zero-order chi connectivity index (χ0) is 32.0. The number of ether oxygens (including phenoxy) is 3. The number of benzene rings is 5. The molecule has 5 aromatic carbocycles. The van der Waals surface area contributed by atoms with Gasteiger partial charge >= 0.3 is 13.6 Å². The van der Waals surface area contributed by atoms with Crippen molar-refractivity contribution >= 4 is 62.6 Å². The number of carbonyl (C=O) groups excluding carboxylic acids is 2. The molecule has 3 aliphatic heterocycles. The van der Waals surface area contributed by atoms with E-state index >= 15 is 0 Å². The Bertz CT molecular complexity index is 2220. The van der Waals surface area contributed by atoms with Crippen molar-refractivity contribution in [3.8, 4) is 11.8 Å². The maximum absolute atomic E-state index is 13.4. The first-order chi connectivity index (χ1) is 22.0. The lowest BCUT2D eigenvalue weighted by Gasteiger charge is -2.39. The standard InChI is InChI=1S/C35H29N2O8P/c1-37(33-30-31(45-46(3,40)41)35(44-33,18-42-2)19-43-30)17-22(32(38)36-34(37)39)14-13-20-15-16-27-25-11-5-8-21-7-4-10-24(28(21)25)26-12-6-9-23(20)29(26)27/h4-12,15-17,30-31,33H,18-19H2,1-3H3,(H-,36,38,39,40,41)/p+1/t30-,31?,33+,35-,37?/m0/s1. The van der Waals surface area contributed by atoms with E-state index in [1.54, 1.807) is 7.05 Å². The molecule has 2 bridgehead atoms. The number of nitrogens with one attached hydrogen (secondary N) is 1. The number of imide groups is 1. The number of rotatable bonds is 5. The summed E-state index contributed by atoms with van der Waals surface area (Å²) in [5.74, 6) is 5.58. The summed E-state index contributed by atoms with van der Waals surface area (Å²) in [6, 6.07) is 22.2. The van der Waals surface area contributed by atoms with Gasteiger partial charge in [-0.3, -0.25) is 13.9 Å². The van der Waals surface area contributed by atoms with Crippen molar-refractivity contribution in [2.45, 2.75) is 24.0 Å². The number of hydrogen-bond donors (Lipinski definition) is 2. The number of likely N-dealkylation sites (N-methyl/N-ethyl adjacent to an activating group) is 1.